The molecule has 0 saturated carbocycles. The first kappa shape index (κ1) is 7.72. The molecule has 1 aliphatic heterocycles. The fourth-order valence-electron chi connectivity index (χ4n) is 0.729. The molecule has 0 N–H and O–H groups in total. The topological polar surface area (TPSA) is 3.24 Å². The van der Waals surface area contributed by atoms with E-state index in [9.17, 15) is 8.78 Å². The molecule has 0 bridgehead atoms. The molecule has 1 rings (SSSR count). The Morgan fingerprint density at radius 2 is 2.20 bits per heavy atom. The maximum Gasteiger partial charge on any atom is 0.319 e. The Bertz CT molecular complexity index is 198. The van der Waals surface area contributed by atoms with E-state index in [1.165, 1.54) is 6.20 Å². The third-order valence-corrected chi connectivity index (χ3v) is 3.14. The Balaban J connectivity index is 2.78. The van der Waals surface area contributed by atoms with Gasteiger partial charge in [-0.2, -0.15) is 8.78 Å². The first-order chi connectivity index (χ1) is 4.63. The van der Waals surface area contributed by atoms with Crippen LogP contribution in [0.15, 0.2) is 11.6 Å². The van der Waals surface area contributed by atoms with Gasteiger partial charge in [0.2, 0.25) is 0 Å². The third-order valence-electron chi connectivity index (χ3n) is 1.47. The van der Waals surface area contributed by atoms with Crippen molar-refractivity contribution < 1.29 is 8.78 Å². The second-order valence-corrected chi connectivity index (χ2v) is 4.03. The molecule has 1 heterocycles. The Hall–Kier alpha value is -0.380. The second-order valence-electron chi connectivity index (χ2n) is 2.05. The summed E-state index contributed by atoms with van der Waals surface area (Å²) in [6.07, 6.45) is 3.37. The summed E-state index contributed by atoms with van der Waals surface area (Å²) in [7, 11) is -0.0862. The van der Waals surface area contributed by atoms with Crippen molar-refractivity contribution in [1.82, 2.24) is 4.90 Å². The highest BCUT2D eigenvalue weighted by atomic mass is 32.2. The first-order valence-corrected chi connectivity index (χ1v) is 4.55. The maximum absolute atomic E-state index is 12.0. The lowest BCUT2D eigenvalue weighted by molar-refractivity contribution is 0.0516. The number of hydrogen-bond donors (Lipinski definition) is 0. The highest BCUT2D eigenvalue weighted by molar-refractivity contribution is 8.18. The van der Waals surface area contributed by atoms with E-state index in [0.29, 0.717) is 0 Å². The van der Waals surface area contributed by atoms with Crippen molar-refractivity contribution in [2.75, 3.05) is 6.26 Å². The van der Waals surface area contributed by atoms with Crippen LogP contribution in [-0.4, -0.2) is 22.7 Å². The minimum atomic E-state index is -2.38. The highest BCUT2D eigenvalue weighted by Crippen LogP contribution is 2.23. The Morgan fingerprint density at radius 1 is 1.60 bits per heavy atom. The van der Waals surface area contributed by atoms with Crippen LogP contribution in [0.5, 0.6) is 0 Å². The molecule has 1 nitrogen and oxygen atoms in total. The molecule has 0 fully saturated rings. The molecule has 1 atom stereocenters. The number of rotatable bonds is 1. The van der Waals surface area contributed by atoms with Gasteiger partial charge in [-0.3, -0.25) is 4.90 Å². The molecule has 1 aliphatic rings. The summed E-state index contributed by atoms with van der Waals surface area (Å²) in [4.78, 5) is 1.75. The van der Waals surface area contributed by atoms with Crippen LogP contribution >= 0.6 is 10.5 Å². The van der Waals surface area contributed by atoms with Gasteiger partial charge in [-0.15, -0.1) is 10.5 Å². The predicted octanol–water partition coefficient (Wildman–Crippen LogP) is 2.04. The van der Waals surface area contributed by atoms with E-state index in [4.69, 9.17) is 0 Å². The fourth-order valence-corrected chi connectivity index (χ4v) is 1.71. The van der Waals surface area contributed by atoms with Gasteiger partial charge in [-0.1, -0.05) is 0 Å². The lowest BCUT2D eigenvalue weighted by Gasteiger charge is -2.15. The van der Waals surface area contributed by atoms with E-state index >= 15 is 0 Å². The zero-order valence-corrected chi connectivity index (χ0v) is 6.66. The summed E-state index contributed by atoms with van der Waals surface area (Å²) >= 11 is 0. The smallest absolute Gasteiger partial charge is 0.290 e. The lowest BCUT2D eigenvalue weighted by Crippen LogP contribution is -2.25. The average molecular weight is 165 g/mol. The van der Waals surface area contributed by atoms with Crippen LogP contribution in [0.1, 0.15) is 6.92 Å². The second kappa shape index (κ2) is 2.70. The van der Waals surface area contributed by atoms with Gasteiger partial charge in [0.1, 0.15) is 0 Å². The van der Waals surface area contributed by atoms with Crippen molar-refractivity contribution in [2.45, 2.75) is 13.5 Å². The van der Waals surface area contributed by atoms with Crippen molar-refractivity contribution in [1.29, 1.82) is 0 Å². The van der Waals surface area contributed by atoms with Crippen molar-refractivity contribution in [3.63, 3.8) is 0 Å². The van der Waals surface area contributed by atoms with Gasteiger partial charge in [0.05, 0.1) is 0 Å². The van der Waals surface area contributed by atoms with E-state index < -0.39 is 6.55 Å². The first-order valence-electron chi connectivity index (χ1n) is 2.86. The van der Waals surface area contributed by atoms with Crippen molar-refractivity contribution in [2.24, 2.45) is 0 Å². The molecule has 10 heavy (non-hydrogen) atoms. The normalized spacial score (nSPS) is 25.1. The van der Waals surface area contributed by atoms with Crippen LogP contribution in [0, 0.1) is 0 Å². The van der Waals surface area contributed by atoms with Crippen LogP contribution < -0.4 is 0 Å². The molecule has 0 spiro atoms. The Labute approximate surface area is 61.3 Å². The van der Waals surface area contributed by atoms with Gasteiger partial charge in [0.25, 0.3) is 0 Å². The fraction of sp³-hybridized carbons (Fsp3) is 0.500. The van der Waals surface area contributed by atoms with Crippen LogP contribution in [-0.2, 0) is 0 Å². The Kier molecular flexibility index (Phi) is 2.08. The van der Waals surface area contributed by atoms with Crippen molar-refractivity contribution in [3.05, 3.63) is 11.6 Å². The number of hydrogen-bond acceptors (Lipinski definition) is 1. The standard InChI is InChI=1S/C6H9F2NS/c1-5-9(6(7)8)3-4-10(5)2/h3-4,6H,1-2H3. The van der Waals surface area contributed by atoms with Gasteiger partial charge in [-0.25, -0.2) is 0 Å². The molecule has 0 aromatic rings. The summed E-state index contributed by atoms with van der Waals surface area (Å²) in [6, 6.07) is 0. The predicted molar refractivity (Wildman–Crippen MR) is 41.2 cm³/mol. The minimum absolute atomic E-state index is 0.0862. The minimum Gasteiger partial charge on any atom is -0.290 e. The van der Waals surface area contributed by atoms with Gasteiger partial charge in [0.15, 0.2) is 0 Å². The molecular weight excluding hydrogens is 156 g/mol. The van der Waals surface area contributed by atoms with Gasteiger partial charge >= 0.3 is 6.55 Å². The van der Waals surface area contributed by atoms with Crippen LogP contribution in [0.3, 0.4) is 0 Å². The lowest BCUT2D eigenvalue weighted by atomic mass is 10.6. The molecule has 58 valence electrons. The van der Waals surface area contributed by atoms with E-state index in [0.717, 1.165) is 9.89 Å². The zero-order chi connectivity index (χ0) is 7.72. The SMILES string of the molecule is CC1=S(C)C=CN1C(F)F. The monoisotopic (exact) mass is 165 g/mol. The van der Waals surface area contributed by atoms with E-state index in [2.05, 4.69) is 0 Å². The summed E-state index contributed by atoms with van der Waals surface area (Å²) < 4.78 is 24.0. The van der Waals surface area contributed by atoms with Crippen LogP contribution in [0.4, 0.5) is 8.78 Å². The largest absolute Gasteiger partial charge is 0.319 e. The summed E-state index contributed by atoms with van der Waals surface area (Å²) in [5, 5.41) is 1.79. The molecule has 1 unspecified atom stereocenters. The molecule has 0 saturated heterocycles. The van der Waals surface area contributed by atoms with E-state index in [1.807, 2.05) is 6.26 Å². The molecule has 0 aliphatic carbocycles. The van der Waals surface area contributed by atoms with Gasteiger partial charge < -0.3 is 0 Å². The number of halogens is 2. The number of nitrogens with zero attached hydrogens (tertiary/aromatic N) is 1. The molecule has 0 aromatic carbocycles. The molecular formula is C6H9F2NS. The highest BCUT2D eigenvalue weighted by Gasteiger charge is 2.17. The van der Waals surface area contributed by atoms with Gasteiger partial charge in [-0.05, 0) is 18.6 Å². The summed E-state index contributed by atoms with van der Waals surface area (Å²) in [6.45, 7) is -0.649. The zero-order valence-electron chi connectivity index (χ0n) is 5.84. The third kappa shape index (κ3) is 1.21. The average Bonchev–Trinajstić information content (AvgIpc) is 2.14. The van der Waals surface area contributed by atoms with Crippen molar-refractivity contribution in [3.8, 4) is 0 Å². The Morgan fingerprint density at radius 3 is 2.40 bits per heavy atom. The summed E-state index contributed by atoms with van der Waals surface area (Å²) in [5.74, 6) is 0. The molecule has 4 heteroatoms. The van der Waals surface area contributed by atoms with Crippen molar-refractivity contribution >= 4 is 15.5 Å². The molecule has 0 aromatic heterocycles. The molecule has 0 amide bonds. The van der Waals surface area contributed by atoms with Crippen LogP contribution in [0.25, 0.3) is 0 Å². The van der Waals surface area contributed by atoms with Crippen LogP contribution in [0.2, 0.25) is 0 Å². The number of alkyl halides is 2. The van der Waals surface area contributed by atoms with Gasteiger partial charge in [0, 0.05) is 11.2 Å². The quantitative estimate of drug-likeness (QED) is 0.424. The van der Waals surface area contributed by atoms with E-state index in [1.54, 1.807) is 12.3 Å². The molecule has 0 radical (unpaired) electrons. The maximum atomic E-state index is 12.0. The summed E-state index contributed by atoms with van der Waals surface area (Å²) in [5.41, 5.74) is 0. The van der Waals surface area contributed by atoms with E-state index in [-0.39, 0.29) is 10.5 Å².